The second kappa shape index (κ2) is 3.61. The van der Waals surface area contributed by atoms with Gasteiger partial charge in [0, 0.05) is 12.5 Å². The van der Waals surface area contributed by atoms with Crippen molar-refractivity contribution in [3.63, 3.8) is 0 Å². The van der Waals surface area contributed by atoms with Crippen molar-refractivity contribution < 1.29 is 0 Å². The molecule has 0 saturated carbocycles. The highest BCUT2D eigenvalue weighted by molar-refractivity contribution is 5.57. The van der Waals surface area contributed by atoms with Gasteiger partial charge in [0.2, 0.25) is 0 Å². The van der Waals surface area contributed by atoms with Gasteiger partial charge in [0.25, 0.3) is 0 Å². The van der Waals surface area contributed by atoms with Crippen LogP contribution in [0.4, 0.5) is 0 Å². The molecular weight excluding hydrogens is 100 g/mol. The van der Waals surface area contributed by atoms with Gasteiger partial charge in [-0.15, -0.1) is 0 Å². The van der Waals surface area contributed by atoms with Crippen LogP contribution in [-0.2, 0) is 0 Å². The summed E-state index contributed by atoms with van der Waals surface area (Å²) in [7, 11) is 0. The average Bonchev–Trinajstić information content (AvgIpc) is 1.69. The van der Waals surface area contributed by atoms with Crippen molar-refractivity contribution in [2.24, 2.45) is 17.6 Å². The van der Waals surface area contributed by atoms with E-state index >= 15 is 0 Å². The molecule has 1 atom stereocenters. The standard InChI is InChI=1S/C6H14N2/c1-5(2)6(3-7)4-8/h3,5-7H,4,8H2,1-2H3. The van der Waals surface area contributed by atoms with Crippen LogP contribution in [0.2, 0.25) is 0 Å². The molecule has 0 radical (unpaired) electrons. The van der Waals surface area contributed by atoms with E-state index in [1.54, 1.807) is 0 Å². The Labute approximate surface area is 50.6 Å². The summed E-state index contributed by atoms with van der Waals surface area (Å²) < 4.78 is 0. The second-order valence-electron chi connectivity index (χ2n) is 2.31. The minimum Gasteiger partial charge on any atom is -0.330 e. The molecule has 0 aromatic heterocycles. The van der Waals surface area contributed by atoms with E-state index in [9.17, 15) is 0 Å². The van der Waals surface area contributed by atoms with Crippen LogP contribution in [0.5, 0.6) is 0 Å². The fourth-order valence-corrected chi connectivity index (χ4v) is 0.533. The lowest BCUT2D eigenvalue weighted by molar-refractivity contribution is 0.509. The third kappa shape index (κ3) is 2.07. The Balaban J connectivity index is 3.51. The van der Waals surface area contributed by atoms with Gasteiger partial charge in [0.15, 0.2) is 0 Å². The van der Waals surface area contributed by atoms with Gasteiger partial charge in [-0.25, -0.2) is 0 Å². The molecule has 3 N–H and O–H groups in total. The van der Waals surface area contributed by atoms with Crippen LogP contribution < -0.4 is 5.73 Å². The summed E-state index contributed by atoms with van der Waals surface area (Å²) in [5, 5.41) is 6.89. The molecule has 0 fully saturated rings. The molecule has 1 unspecified atom stereocenters. The summed E-state index contributed by atoms with van der Waals surface area (Å²) >= 11 is 0. The Morgan fingerprint density at radius 2 is 2.12 bits per heavy atom. The SMILES string of the molecule is CC(C)C(C=N)CN. The van der Waals surface area contributed by atoms with Crippen LogP contribution in [0, 0.1) is 17.2 Å². The molecule has 0 bridgehead atoms. The largest absolute Gasteiger partial charge is 0.330 e. The first-order valence-corrected chi connectivity index (χ1v) is 2.93. The van der Waals surface area contributed by atoms with Gasteiger partial charge in [0.05, 0.1) is 0 Å². The molecule has 0 spiro atoms. The van der Waals surface area contributed by atoms with Crippen LogP contribution >= 0.6 is 0 Å². The molecule has 0 amide bonds. The Kier molecular flexibility index (Phi) is 3.44. The maximum atomic E-state index is 6.89. The number of nitrogens with one attached hydrogen (secondary N) is 1. The molecule has 0 saturated heterocycles. The number of hydrogen-bond acceptors (Lipinski definition) is 2. The second-order valence-corrected chi connectivity index (χ2v) is 2.31. The van der Waals surface area contributed by atoms with E-state index in [0.717, 1.165) is 0 Å². The summed E-state index contributed by atoms with van der Waals surface area (Å²) in [6, 6.07) is 0. The first kappa shape index (κ1) is 7.63. The van der Waals surface area contributed by atoms with Gasteiger partial charge in [-0.3, -0.25) is 0 Å². The summed E-state index contributed by atoms with van der Waals surface area (Å²) in [6.45, 7) is 4.74. The predicted molar refractivity (Wildman–Crippen MR) is 36.2 cm³/mol. The highest BCUT2D eigenvalue weighted by Gasteiger charge is 2.05. The van der Waals surface area contributed by atoms with E-state index in [1.165, 1.54) is 6.21 Å². The van der Waals surface area contributed by atoms with Crippen molar-refractivity contribution in [1.82, 2.24) is 0 Å². The summed E-state index contributed by atoms with van der Waals surface area (Å²) in [5.74, 6) is 0.785. The van der Waals surface area contributed by atoms with Crippen molar-refractivity contribution >= 4 is 6.21 Å². The third-order valence-electron chi connectivity index (χ3n) is 1.34. The minimum absolute atomic E-state index is 0.273. The fraction of sp³-hybridized carbons (Fsp3) is 0.833. The van der Waals surface area contributed by atoms with E-state index < -0.39 is 0 Å². The Hall–Kier alpha value is -0.370. The lowest BCUT2D eigenvalue weighted by Gasteiger charge is -2.10. The maximum absolute atomic E-state index is 6.89. The van der Waals surface area contributed by atoms with Gasteiger partial charge in [0.1, 0.15) is 0 Å². The monoisotopic (exact) mass is 114 g/mol. The van der Waals surface area contributed by atoms with Crippen molar-refractivity contribution in [3.05, 3.63) is 0 Å². The van der Waals surface area contributed by atoms with Gasteiger partial charge < -0.3 is 11.1 Å². The van der Waals surface area contributed by atoms with Crippen LogP contribution in [0.1, 0.15) is 13.8 Å². The van der Waals surface area contributed by atoms with E-state index in [-0.39, 0.29) is 5.92 Å². The quantitative estimate of drug-likeness (QED) is 0.525. The smallest absolute Gasteiger partial charge is 0.00810 e. The molecule has 0 aliphatic rings. The van der Waals surface area contributed by atoms with E-state index in [0.29, 0.717) is 12.5 Å². The van der Waals surface area contributed by atoms with E-state index in [4.69, 9.17) is 11.1 Å². The molecule has 2 heteroatoms. The summed E-state index contributed by atoms with van der Waals surface area (Å²) in [6.07, 6.45) is 1.42. The topological polar surface area (TPSA) is 49.9 Å². The van der Waals surface area contributed by atoms with Crippen LogP contribution in [0.15, 0.2) is 0 Å². The first-order valence-electron chi connectivity index (χ1n) is 2.93. The molecule has 0 aliphatic carbocycles. The number of nitrogens with two attached hydrogens (primary N) is 1. The van der Waals surface area contributed by atoms with Crippen molar-refractivity contribution in [2.45, 2.75) is 13.8 Å². The number of hydrogen-bond donors (Lipinski definition) is 2. The molecule has 0 aromatic carbocycles. The predicted octanol–water partition coefficient (Wildman–Crippen LogP) is 0.867. The molecule has 0 aliphatic heterocycles. The summed E-state index contributed by atoms with van der Waals surface area (Å²) in [5.41, 5.74) is 5.33. The van der Waals surface area contributed by atoms with Crippen molar-refractivity contribution in [2.75, 3.05) is 6.54 Å². The van der Waals surface area contributed by atoms with Crippen LogP contribution in [0.25, 0.3) is 0 Å². The van der Waals surface area contributed by atoms with Crippen LogP contribution in [-0.4, -0.2) is 12.8 Å². The molecule has 0 aromatic rings. The first-order chi connectivity index (χ1) is 3.72. The maximum Gasteiger partial charge on any atom is 0.00810 e. The molecule has 8 heavy (non-hydrogen) atoms. The average molecular weight is 114 g/mol. The normalized spacial score (nSPS) is 14.0. The highest BCUT2D eigenvalue weighted by Crippen LogP contribution is 2.04. The highest BCUT2D eigenvalue weighted by atomic mass is 14.6. The molecule has 0 heterocycles. The lowest BCUT2D eigenvalue weighted by atomic mass is 9.98. The van der Waals surface area contributed by atoms with Gasteiger partial charge >= 0.3 is 0 Å². The molecule has 48 valence electrons. The third-order valence-corrected chi connectivity index (χ3v) is 1.34. The van der Waals surface area contributed by atoms with Gasteiger partial charge in [-0.1, -0.05) is 13.8 Å². The van der Waals surface area contributed by atoms with E-state index in [2.05, 4.69) is 13.8 Å². The van der Waals surface area contributed by atoms with Gasteiger partial charge in [-0.05, 0) is 12.1 Å². The zero-order valence-corrected chi connectivity index (χ0v) is 5.52. The van der Waals surface area contributed by atoms with E-state index in [1.807, 2.05) is 0 Å². The summed E-state index contributed by atoms with van der Waals surface area (Å²) in [4.78, 5) is 0. The van der Waals surface area contributed by atoms with Crippen molar-refractivity contribution in [1.29, 1.82) is 5.41 Å². The molecule has 2 nitrogen and oxygen atoms in total. The van der Waals surface area contributed by atoms with Gasteiger partial charge in [-0.2, -0.15) is 0 Å². The lowest BCUT2D eigenvalue weighted by Crippen LogP contribution is -2.20. The zero-order chi connectivity index (χ0) is 6.57. The van der Waals surface area contributed by atoms with Crippen LogP contribution in [0.3, 0.4) is 0 Å². The minimum atomic E-state index is 0.273. The number of rotatable bonds is 3. The van der Waals surface area contributed by atoms with Crippen molar-refractivity contribution in [3.8, 4) is 0 Å². The zero-order valence-electron chi connectivity index (χ0n) is 5.52. The Morgan fingerprint density at radius 3 is 2.12 bits per heavy atom. The molecule has 0 rings (SSSR count). The Morgan fingerprint density at radius 1 is 1.62 bits per heavy atom. The molecular formula is C6H14N2. The fourth-order valence-electron chi connectivity index (χ4n) is 0.533. The Bertz CT molecular complexity index is 68.9.